The predicted molar refractivity (Wildman–Crippen MR) is 116 cm³/mol. The SMILES string of the molecule is O=C(O)c1ccc(C=C2Sc3ccccc3N(Cc3cccc(Cl)c3)C2=O)cc1. The Morgan fingerprint density at radius 2 is 1.79 bits per heavy atom. The molecule has 0 spiro atoms. The summed E-state index contributed by atoms with van der Waals surface area (Å²) in [5.41, 5.74) is 2.79. The van der Waals surface area contributed by atoms with Crippen LogP contribution in [0.1, 0.15) is 21.5 Å². The van der Waals surface area contributed by atoms with Crippen LogP contribution in [-0.2, 0) is 11.3 Å². The van der Waals surface area contributed by atoms with Crippen LogP contribution in [0.2, 0.25) is 5.02 Å². The monoisotopic (exact) mass is 421 g/mol. The lowest BCUT2D eigenvalue weighted by Crippen LogP contribution is -2.33. The van der Waals surface area contributed by atoms with Crippen LogP contribution in [0.25, 0.3) is 6.08 Å². The van der Waals surface area contributed by atoms with Crippen LogP contribution in [0.5, 0.6) is 0 Å². The van der Waals surface area contributed by atoms with Crippen LogP contribution in [0.15, 0.2) is 82.6 Å². The van der Waals surface area contributed by atoms with Crippen LogP contribution in [-0.4, -0.2) is 17.0 Å². The molecule has 0 atom stereocenters. The quantitative estimate of drug-likeness (QED) is 0.547. The van der Waals surface area contributed by atoms with Gasteiger partial charge in [0.1, 0.15) is 0 Å². The number of nitrogens with zero attached hydrogens (tertiary/aromatic N) is 1. The minimum Gasteiger partial charge on any atom is -0.478 e. The van der Waals surface area contributed by atoms with E-state index in [2.05, 4.69) is 0 Å². The molecule has 1 heterocycles. The molecule has 1 N–H and O–H groups in total. The van der Waals surface area contributed by atoms with Gasteiger partial charge < -0.3 is 10.0 Å². The molecule has 0 saturated carbocycles. The van der Waals surface area contributed by atoms with Crippen LogP contribution in [0.3, 0.4) is 0 Å². The second kappa shape index (κ2) is 8.15. The van der Waals surface area contributed by atoms with Crippen molar-refractivity contribution in [2.24, 2.45) is 0 Å². The summed E-state index contributed by atoms with van der Waals surface area (Å²) in [4.78, 5) is 27.6. The number of amides is 1. The smallest absolute Gasteiger partial charge is 0.335 e. The molecule has 6 heteroatoms. The molecule has 4 rings (SSSR count). The van der Waals surface area contributed by atoms with E-state index in [1.54, 1.807) is 29.2 Å². The summed E-state index contributed by atoms with van der Waals surface area (Å²) in [6, 6.07) is 21.7. The lowest BCUT2D eigenvalue weighted by Gasteiger charge is -2.30. The Labute approximate surface area is 177 Å². The Morgan fingerprint density at radius 1 is 1.03 bits per heavy atom. The molecule has 29 heavy (non-hydrogen) atoms. The Hall–Kier alpha value is -3.02. The minimum atomic E-state index is -0.978. The molecule has 0 fully saturated rings. The highest BCUT2D eigenvalue weighted by Crippen LogP contribution is 2.42. The second-order valence-electron chi connectivity index (χ2n) is 6.53. The van der Waals surface area contributed by atoms with Crippen molar-refractivity contribution in [2.75, 3.05) is 4.90 Å². The number of aromatic carboxylic acids is 1. The Bertz CT molecular complexity index is 1120. The molecule has 0 radical (unpaired) electrons. The molecule has 3 aromatic carbocycles. The first kappa shape index (κ1) is 19.3. The maximum Gasteiger partial charge on any atom is 0.335 e. The van der Waals surface area contributed by atoms with E-state index in [4.69, 9.17) is 16.7 Å². The number of thioether (sulfide) groups is 1. The molecule has 0 aromatic heterocycles. The number of carbonyl (C=O) groups excluding carboxylic acids is 1. The normalized spacial score (nSPS) is 14.7. The van der Waals surface area contributed by atoms with Gasteiger partial charge in [-0.3, -0.25) is 4.79 Å². The van der Waals surface area contributed by atoms with Crippen molar-refractivity contribution in [3.8, 4) is 0 Å². The van der Waals surface area contributed by atoms with E-state index in [-0.39, 0.29) is 11.5 Å². The molecule has 3 aromatic rings. The van der Waals surface area contributed by atoms with Gasteiger partial charge in [-0.1, -0.05) is 59.8 Å². The van der Waals surface area contributed by atoms with Crippen LogP contribution in [0, 0.1) is 0 Å². The molecule has 1 amide bonds. The van der Waals surface area contributed by atoms with Crippen LogP contribution >= 0.6 is 23.4 Å². The van der Waals surface area contributed by atoms with E-state index in [1.807, 2.05) is 42.5 Å². The standard InChI is InChI=1S/C23H16ClNO3S/c24-18-5-3-4-16(12-18)14-25-19-6-1-2-7-20(19)29-21(22(25)26)13-15-8-10-17(11-9-15)23(27)28/h1-13H,14H2,(H,27,28). The third-order valence-corrected chi connectivity index (χ3v) is 5.83. The average molecular weight is 422 g/mol. The van der Waals surface area contributed by atoms with Crippen LogP contribution < -0.4 is 4.90 Å². The van der Waals surface area contributed by atoms with E-state index in [1.165, 1.54) is 23.9 Å². The molecule has 0 aliphatic carbocycles. The zero-order valence-electron chi connectivity index (χ0n) is 15.2. The summed E-state index contributed by atoms with van der Waals surface area (Å²) < 4.78 is 0. The minimum absolute atomic E-state index is 0.101. The van der Waals surface area contributed by atoms with Crippen molar-refractivity contribution in [1.82, 2.24) is 0 Å². The lowest BCUT2D eigenvalue weighted by atomic mass is 10.1. The zero-order valence-corrected chi connectivity index (χ0v) is 16.8. The lowest BCUT2D eigenvalue weighted by molar-refractivity contribution is -0.114. The molecule has 1 aliphatic rings. The number of halogens is 1. The molecule has 144 valence electrons. The topological polar surface area (TPSA) is 57.6 Å². The summed E-state index contributed by atoms with van der Waals surface area (Å²) in [5, 5.41) is 9.68. The van der Waals surface area contributed by atoms with Crippen molar-refractivity contribution in [1.29, 1.82) is 0 Å². The number of carboxylic acid groups (broad SMARTS) is 1. The van der Waals surface area contributed by atoms with E-state index in [0.717, 1.165) is 21.7 Å². The number of para-hydroxylation sites is 1. The van der Waals surface area contributed by atoms with E-state index in [9.17, 15) is 9.59 Å². The highest BCUT2D eigenvalue weighted by Gasteiger charge is 2.29. The number of benzene rings is 3. The summed E-state index contributed by atoms with van der Waals surface area (Å²) in [5.74, 6) is -1.08. The van der Waals surface area contributed by atoms with Gasteiger partial charge in [0, 0.05) is 9.92 Å². The zero-order chi connectivity index (χ0) is 20.4. The number of hydrogen-bond donors (Lipinski definition) is 1. The number of carbonyl (C=O) groups is 2. The van der Waals surface area contributed by atoms with E-state index < -0.39 is 5.97 Å². The van der Waals surface area contributed by atoms with Crippen molar-refractivity contribution in [2.45, 2.75) is 11.4 Å². The van der Waals surface area contributed by atoms with Crippen molar-refractivity contribution in [3.63, 3.8) is 0 Å². The van der Waals surface area contributed by atoms with Gasteiger partial charge in [-0.2, -0.15) is 0 Å². The number of rotatable bonds is 4. The molecule has 1 aliphatic heterocycles. The highest BCUT2D eigenvalue weighted by molar-refractivity contribution is 8.04. The number of anilines is 1. The van der Waals surface area contributed by atoms with Gasteiger partial charge in [-0.15, -0.1) is 0 Å². The fourth-order valence-corrected chi connectivity index (χ4v) is 4.38. The molecule has 0 unspecified atom stereocenters. The van der Waals surface area contributed by atoms with Gasteiger partial charge in [0.15, 0.2) is 0 Å². The van der Waals surface area contributed by atoms with Gasteiger partial charge in [-0.05, 0) is 53.6 Å². The predicted octanol–water partition coefficient (Wildman–Crippen LogP) is 5.72. The maximum atomic E-state index is 13.3. The average Bonchev–Trinajstić information content (AvgIpc) is 2.71. The number of fused-ring (bicyclic) bond motifs is 1. The number of carboxylic acids is 1. The molecule has 0 saturated heterocycles. The molecular weight excluding hydrogens is 406 g/mol. The summed E-state index contributed by atoms with van der Waals surface area (Å²) in [6.07, 6.45) is 1.79. The first-order valence-electron chi connectivity index (χ1n) is 8.89. The molecular formula is C23H16ClNO3S. The second-order valence-corrected chi connectivity index (χ2v) is 8.05. The van der Waals surface area contributed by atoms with E-state index in [0.29, 0.717) is 16.5 Å². The Morgan fingerprint density at radius 3 is 2.52 bits per heavy atom. The largest absolute Gasteiger partial charge is 0.478 e. The summed E-state index contributed by atoms with van der Waals surface area (Å²) in [6.45, 7) is 0.409. The van der Waals surface area contributed by atoms with Crippen molar-refractivity contribution < 1.29 is 14.7 Å². The van der Waals surface area contributed by atoms with Gasteiger partial charge >= 0.3 is 5.97 Å². The fraction of sp³-hybridized carbons (Fsp3) is 0.0435. The van der Waals surface area contributed by atoms with Gasteiger partial charge in [0.05, 0.1) is 22.7 Å². The Balaban J connectivity index is 1.70. The van der Waals surface area contributed by atoms with Crippen molar-refractivity contribution >= 4 is 47.0 Å². The first-order chi connectivity index (χ1) is 14.0. The van der Waals surface area contributed by atoms with Gasteiger partial charge in [-0.25, -0.2) is 4.79 Å². The van der Waals surface area contributed by atoms with Gasteiger partial charge in [0.25, 0.3) is 5.91 Å². The first-order valence-corrected chi connectivity index (χ1v) is 10.1. The van der Waals surface area contributed by atoms with Crippen LogP contribution in [0.4, 0.5) is 5.69 Å². The third-order valence-electron chi connectivity index (χ3n) is 4.52. The van der Waals surface area contributed by atoms with Crippen molar-refractivity contribution in [3.05, 3.63) is 99.4 Å². The fourth-order valence-electron chi connectivity index (χ4n) is 3.11. The summed E-state index contributed by atoms with van der Waals surface area (Å²) >= 11 is 7.52. The molecule has 0 bridgehead atoms. The third kappa shape index (κ3) is 4.21. The van der Waals surface area contributed by atoms with E-state index >= 15 is 0 Å². The number of hydrogen-bond acceptors (Lipinski definition) is 3. The maximum absolute atomic E-state index is 13.3. The molecule has 4 nitrogen and oxygen atoms in total. The Kier molecular flexibility index (Phi) is 5.43. The summed E-state index contributed by atoms with van der Waals surface area (Å²) in [7, 11) is 0. The highest BCUT2D eigenvalue weighted by atomic mass is 35.5. The van der Waals surface area contributed by atoms with Gasteiger partial charge in [0.2, 0.25) is 0 Å².